The van der Waals surface area contributed by atoms with E-state index < -0.39 is 0 Å². The second-order valence-electron chi connectivity index (χ2n) is 1.72. The van der Waals surface area contributed by atoms with E-state index in [9.17, 15) is 0 Å². The van der Waals surface area contributed by atoms with Gasteiger partial charge in [-0.3, -0.25) is 0 Å². The van der Waals surface area contributed by atoms with Crippen LogP contribution >= 0.6 is 9.72 Å². The third-order valence-electron chi connectivity index (χ3n) is 1.13. The Morgan fingerprint density at radius 3 is 3.11 bits per heavy atom. The molecule has 2 rings (SSSR count). The van der Waals surface area contributed by atoms with E-state index in [0.717, 1.165) is 0 Å². The SMILES string of the molecule is c1ccc2[s+][se]nc2c1. The summed E-state index contributed by atoms with van der Waals surface area (Å²) in [6.07, 6.45) is 0. The first-order chi connectivity index (χ1) is 4.47. The van der Waals surface area contributed by atoms with Crippen molar-refractivity contribution in [3.8, 4) is 0 Å². The molecule has 1 aromatic heterocycles. The minimum atomic E-state index is 0.420. The molecule has 0 saturated carbocycles. The Morgan fingerprint density at radius 1 is 1.33 bits per heavy atom. The van der Waals surface area contributed by atoms with Crippen molar-refractivity contribution >= 4 is 33.5 Å². The summed E-state index contributed by atoms with van der Waals surface area (Å²) in [6.45, 7) is 0. The third kappa shape index (κ3) is 0.916. The number of fused-ring (bicyclic) bond motifs is 1. The molecule has 0 fully saturated rings. The van der Waals surface area contributed by atoms with Gasteiger partial charge in [0.1, 0.15) is 0 Å². The van der Waals surface area contributed by atoms with Crippen LogP contribution < -0.4 is 0 Å². The molecule has 0 aliphatic carbocycles. The fraction of sp³-hybridized carbons (Fsp3) is 0. The molecule has 2 aromatic rings. The van der Waals surface area contributed by atoms with Crippen LogP contribution in [0.2, 0.25) is 0 Å². The van der Waals surface area contributed by atoms with Gasteiger partial charge in [-0.2, -0.15) is 0 Å². The van der Waals surface area contributed by atoms with Gasteiger partial charge in [0.15, 0.2) is 0 Å². The minimum absolute atomic E-state index is 0.420. The predicted octanol–water partition coefficient (Wildman–Crippen LogP) is 1.63. The monoisotopic (exact) mass is 202 g/mol. The fourth-order valence-electron chi connectivity index (χ4n) is 0.702. The summed E-state index contributed by atoms with van der Waals surface area (Å²) in [5.41, 5.74) is 1.18. The molecule has 0 spiro atoms. The van der Waals surface area contributed by atoms with E-state index in [0.29, 0.717) is 13.6 Å². The second-order valence-corrected chi connectivity index (χ2v) is 4.84. The van der Waals surface area contributed by atoms with Crippen molar-refractivity contribution in [3.63, 3.8) is 0 Å². The molecule has 0 radical (unpaired) electrons. The predicted molar refractivity (Wildman–Crippen MR) is 41.0 cm³/mol. The van der Waals surface area contributed by atoms with E-state index in [1.54, 1.807) is 0 Å². The van der Waals surface area contributed by atoms with Gasteiger partial charge in [-0.25, -0.2) is 0 Å². The van der Waals surface area contributed by atoms with Crippen LogP contribution in [0.3, 0.4) is 0 Å². The zero-order chi connectivity index (χ0) is 6.10. The van der Waals surface area contributed by atoms with Crippen molar-refractivity contribution in [3.05, 3.63) is 24.3 Å². The van der Waals surface area contributed by atoms with E-state index >= 15 is 0 Å². The summed E-state index contributed by atoms with van der Waals surface area (Å²) in [7, 11) is 1.86. The van der Waals surface area contributed by atoms with Crippen LogP contribution in [-0.2, 0) is 0 Å². The molecule has 0 bridgehead atoms. The summed E-state index contributed by atoms with van der Waals surface area (Å²) in [5, 5.41) is 0. The molecule has 1 heterocycles. The normalized spacial score (nSPS) is 10.2. The zero-order valence-electron chi connectivity index (χ0n) is 4.57. The van der Waals surface area contributed by atoms with E-state index in [-0.39, 0.29) is 0 Å². The van der Waals surface area contributed by atoms with Crippen molar-refractivity contribution < 1.29 is 0 Å². The van der Waals surface area contributed by atoms with Gasteiger partial charge in [0.25, 0.3) is 0 Å². The first-order valence-corrected chi connectivity index (χ1v) is 6.21. The van der Waals surface area contributed by atoms with Gasteiger partial charge < -0.3 is 0 Å². The molecule has 0 unspecified atom stereocenters. The molecule has 0 amide bonds. The van der Waals surface area contributed by atoms with Crippen molar-refractivity contribution in [2.24, 2.45) is 0 Å². The quantitative estimate of drug-likeness (QED) is 0.466. The van der Waals surface area contributed by atoms with Crippen molar-refractivity contribution in [1.82, 2.24) is 3.98 Å². The van der Waals surface area contributed by atoms with E-state index in [1.807, 2.05) is 15.8 Å². The van der Waals surface area contributed by atoms with Crippen LogP contribution in [0.5, 0.6) is 0 Å². The van der Waals surface area contributed by atoms with Gasteiger partial charge >= 0.3 is 61.8 Å². The van der Waals surface area contributed by atoms with E-state index in [2.05, 4.69) is 22.2 Å². The van der Waals surface area contributed by atoms with Gasteiger partial charge in [-0.15, -0.1) is 0 Å². The molecule has 0 aliphatic rings. The first kappa shape index (κ1) is 5.54. The number of nitrogens with zero attached hydrogens (tertiary/aromatic N) is 1. The average Bonchev–Trinajstić information content (AvgIpc) is 2.33. The molecule has 0 N–H and O–H groups in total. The second kappa shape index (κ2) is 2.18. The summed E-state index contributed by atoms with van der Waals surface area (Å²) in [6, 6.07) is 8.28. The molecule has 0 atom stereocenters. The molecule has 3 heteroatoms. The van der Waals surface area contributed by atoms with Gasteiger partial charge in [-0.05, 0) is 0 Å². The number of hydrogen-bond donors (Lipinski definition) is 0. The maximum absolute atomic E-state index is 4.32. The Morgan fingerprint density at radius 2 is 2.22 bits per heavy atom. The summed E-state index contributed by atoms with van der Waals surface area (Å²) < 4.78 is 5.67. The standard InChI is InChI=1S/C6H4NSSe/c1-2-4-6-5(3-1)7-9-8-6/h1-4H/q+1. The van der Waals surface area contributed by atoms with Crippen molar-refractivity contribution in [1.29, 1.82) is 0 Å². The van der Waals surface area contributed by atoms with Crippen molar-refractivity contribution in [2.75, 3.05) is 0 Å². The summed E-state index contributed by atoms with van der Waals surface area (Å²) >= 11 is 0.420. The van der Waals surface area contributed by atoms with Crippen LogP contribution in [0.1, 0.15) is 0 Å². The summed E-state index contributed by atoms with van der Waals surface area (Å²) in [4.78, 5) is 0. The van der Waals surface area contributed by atoms with Crippen LogP contribution in [0.15, 0.2) is 24.3 Å². The molecular formula is C6H4NSSe+. The van der Waals surface area contributed by atoms with Crippen LogP contribution in [0.25, 0.3) is 10.2 Å². The Labute approximate surface area is 62.0 Å². The average molecular weight is 201 g/mol. The molecule has 9 heavy (non-hydrogen) atoms. The molecule has 1 nitrogen and oxygen atoms in total. The molecular weight excluding hydrogens is 197 g/mol. The van der Waals surface area contributed by atoms with Gasteiger partial charge in [0.05, 0.1) is 0 Å². The fourth-order valence-corrected chi connectivity index (χ4v) is 3.83. The van der Waals surface area contributed by atoms with Crippen LogP contribution in [0.4, 0.5) is 0 Å². The number of hydrogen-bond acceptors (Lipinski definition) is 1. The van der Waals surface area contributed by atoms with Crippen molar-refractivity contribution in [2.45, 2.75) is 0 Å². The Balaban J connectivity index is 2.95. The molecule has 0 aliphatic heterocycles. The number of rotatable bonds is 0. The van der Waals surface area contributed by atoms with E-state index in [4.69, 9.17) is 0 Å². The maximum atomic E-state index is 4.32. The Hall–Kier alpha value is -0.241. The Bertz CT molecular complexity index is 287. The number of aromatic nitrogens is 1. The van der Waals surface area contributed by atoms with Gasteiger partial charge in [0.2, 0.25) is 0 Å². The Kier molecular flexibility index (Phi) is 1.34. The van der Waals surface area contributed by atoms with Gasteiger partial charge in [0, 0.05) is 0 Å². The number of benzene rings is 1. The first-order valence-electron chi connectivity index (χ1n) is 2.60. The molecule has 0 saturated heterocycles. The zero-order valence-corrected chi connectivity index (χ0v) is 7.10. The summed E-state index contributed by atoms with van der Waals surface area (Å²) in [5.74, 6) is 0. The van der Waals surface area contributed by atoms with Gasteiger partial charge in [-0.1, -0.05) is 0 Å². The van der Waals surface area contributed by atoms with Crippen LogP contribution in [0, 0.1) is 0 Å². The molecule has 1 aromatic carbocycles. The third-order valence-corrected chi connectivity index (χ3v) is 4.28. The molecule has 44 valence electrons. The van der Waals surface area contributed by atoms with E-state index in [1.165, 1.54) is 10.2 Å². The topological polar surface area (TPSA) is 12.9 Å². The van der Waals surface area contributed by atoms with Crippen LogP contribution in [-0.4, -0.2) is 17.6 Å².